The number of carbonyl (C=O) groups is 1. The van der Waals surface area contributed by atoms with Crippen molar-refractivity contribution in [3.8, 4) is 0 Å². The van der Waals surface area contributed by atoms with Crippen LogP contribution in [0.3, 0.4) is 0 Å². The molecule has 2 aliphatic rings. The van der Waals surface area contributed by atoms with Crippen molar-refractivity contribution >= 4 is 21.8 Å². The summed E-state index contributed by atoms with van der Waals surface area (Å²) in [6.07, 6.45) is 2.02. The second kappa shape index (κ2) is 5.82. The average Bonchev–Trinajstić information content (AvgIpc) is 2.77. The highest BCUT2D eigenvalue weighted by molar-refractivity contribution is 9.10. The first-order chi connectivity index (χ1) is 9.66. The Kier molecular flexibility index (Phi) is 4.08. The van der Waals surface area contributed by atoms with E-state index < -0.39 is 5.82 Å². The van der Waals surface area contributed by atoms with Crippen molar-refractivity contribution in [3.05, 3.63) is 34.1 Å². The average molecular weight is 341 g/mol. The number of benzene rings is 1. The zero-order chi connectivity index (χ0) is 14.1. The maximum atomic E-state index is 13.9. The maximum absolute atomic E-state index is 13.9. The lowest BCUT2D eigenvalue weighted by atomic mass is 9.92. The molecule has 3 rings (SSSR count). The van der Waals surface area contributed by atoms with Crippen LogP contribution in [0.2, 0.25) is 0 Å². The highest BCUT2D eigenvalue weighted by Crippen LogP contribution is 2.29. The van der Waals surface area contributed by atoms with Gasteiger partial charge in [0, 0.05) is 17.6 Å². The van der Waals surface area contributed by atoms with E-state index in [9.17, 15) is 9.18 Å². The molecule has 1 amide bonds. The van der Waals surface area contributed by atoms with Gasteiger partial charge < -0.3 is 10.2 Å². The summed E-state index contributed by atoms with van der Waals surface area (Å²) in [5.41, 5.74) is 0.165. The molecule has 2 fully saturated rings. The van der Waals surface area contributed by atoms with Crippen molar-refractivity contribution in [2.45, 2.75) is 12.8 Å². The monoisotopic (exact) mass is 340 g/mol. The van der Waals surface area contributed by atoms with Crippen LogP contribution in [-0.4, -0.2) is 37.0 Å². The fourth-order valence-corrected chi connectivity index (χ4v) is 3.79. The molecule has 2 aliphatic heterocycles. The highest BCUT2D eigenvalue weighted by atomic mass is 79.9. The van der Waals surface area contributed by atoms with Crippen LogP contribution in [0.15, 0.2) is 22.7 Å². The molecule has 1 aromatic rings. The Morgan fingerprint density at radius 1 is 1.25 bits per heavy atom. The Morgan fingerprint density at radius 3 is 2.50 bits per heavy atom. The number of carbonyl (C=O) groups excluding carboxylic acids is 1. The fourth-order valence-electron chi connectivity index (χ4n) is 3.28. The molecule has 2 atom stereocenters. The summed E-state index contributed by atoms with van der Waals surface area (Å²) in [4.78, 5) is 14.4. The summed E-state index contributed by atoms with van der Waals surface area (Å²) in [7, 11) is 0. The molecular weight excluding hydrogens is 323 g/mol. The molecule has 0 spiro atoms. The third kappa shape index (κ3) is 2.61. The molecule has 1 N–H and O–H groups in total. The van der Waals surface area contributed by atoms with E-state index in [2.05, 4.69) is 21.2 Å². The van der Waals surface area contributed by atoms with Gasteiger partial charge in [0.05, 0.1) is 5.56 Å². The van der Waals surface area contributed by atoms with E-state index in [-0.39, 0.29) is 11.5 Å². The van der Waals surface area contributed by atoms with Gasteiger partial charge in [-0.15, -0.1) is 0 Å². The molecule has 0 radical (unpaired) electrons. The van der Waals surface area contributed by atoms with Crippen LogP contribution in [0.4, 0.5) is 4.39 Å². The van der Waals surface area contributed by atoms with Crippen molar-refractivity contribution in [1.29, 1.82) is 0 Å². The van der Waals surface area contributed by atoms with Crippen LogP contribution >= 0.6 is 15.9 Å². The Balaban J connectivity index is 1.77. The highest BCUT2D eigenvalue weighted by Gasteiger charge is 2.32. The molecule has 20 heavy (non-hydrogen) atoms. The Labute approximate surface area is 126 Å². The van der Waals surface area contributed by atoms with Gasteiger partial charge in [-0.1, -0.05) is 6.07 Å². The van der Waals surface area contributed by atoms with Crippen molar-refractivity contribution in [2.24, 2.45) is 11.8 Å². The molecule has 1 aromatic carbocycles. The molecule has 2 heterocycles. The summed E-state index contributed by atoms with van der Waals surface area (Å²) >= 11 is 3.28. The molecule has 0 aliphatic carbocycles. The molecule has 0 bridgehead atoms. The van der Waals surface area contributed by atoms with E-state index in [0.717, 1.165) is 39.0 Å². The summed E-state index contributed by atoms with van der Waals surface area (Å²) in [5.74, 6) is 0.687. The minimum Gasteiger partial charge on any atom is -0.339 e. The summed E-state index contributed by atoms with van der Waals surface area (Å²) in [6, 6.07) is 4.66. The molecule has 0 aromatic heterocycles. The molecule has 0 unspecified atom stereocenters. The standard InChI is InChI=1S/C15H18BrFN2O/c16-12-2-1-3-13(17)14(12)15(20)19-6-4-10-8-18-9-11(10)5-7-19/h1-3,10-11,18H,4-9H2/t10-,11+. The van der Waals surface area contributed by atoms with Gasteiger partial charge >= 0.3 is 0 Å². The fraction of sp³-hybridized carbons (Fsp3) is 0.533. The number of hydrogen-bond donors (Lipinski definition) is 1. The van der Waals surface area contributed by atoms with Crippen LogP contribution in [0.25, 0.3) is 0 Å². The van der Waals surface area contributed by atoms with Crippen LogP contribution in [0.5, 0.6) is 0 Å². The van der Waals surface area contributed by atoms with Crippen LogP contribution in [-0.2, 0) is 0 Å². The number of nitrogens with one attached hydrogen (secondary N) is 1. The first-order valence-electron chi connectivity index (χ1n) is 7.11. The number of rotatable bonds is 1. The Morgan fingerprint density at radius 2 is 1.90 bits per heavy atom. The van der Waals surface area contributed by atoms with Gasteiger partial charge in [-0.3, -0.25) is 4.79 Å². The normalized spacial score (nSPS) is 26.2. The third-order valence-corrected chi connectivity index (χ3v) is 5.14. The molecule has 2 saturated heterocycles. The molecule has 3 nitrogen and oxygen atoms in total. The largest absolute Gasteiger partial charge is 0.339 e. The van der Waals surface area contributed by atoms with Crippen LogP contribution in [0.1, 0.15) is 23.2 Å². The predicted octanol–water partition coefficient (Wildman–Crippen LogP) is 2.66. The van der Waals surface area contributed by atoms with E-state index in [4.69, 9.17) is 0 Å². The van der Waals surface area contributed by atoms with Gasteiger partial charge in [0.1, 0.15) is 5.82 Å². The molecule has 108 valence electrons. The van der Waals surface area contributed by atoms with Crippen molar-refractivity contribution in [2.75, 3.05) is 26.2 Å². The summed E-state index contributed by atoms with van der Waals surface area (Å²) in [5, 5.41) is 3.42. The first kappa shape index (κ1) is 14.0. The van der Waals surface area contributed by atoms with Gasteiger partial charge in [-0.2, -0.15) is 0 Å². The Bertz CT molecular complexity index is 488. The minimum absolute atomic E-state index is 0.165. The van der Waals surface area contributed by atoms with Gasteiger partial charge in [0.2, 0.25) is 0 Å². The maximum Gasteiger partial charge on any atom is 0.257 e. The Hall–Kier alpha value is -0.940. The number of amides is 1. The summed E-state index contributed by atoms with van der Waals surface area (Å²) < 4.78 is 14.4. The van der Waals surface area contributed by atoms with Crippen LogP contribution < -0.4 is 5.32 Å². The lowest BCUT2D eigenvalue weighted by Crippen LogP contribution is -2.33. The summed E-state index contributed by atoms with van der Waals surface area (Å²) in [6.45, 7) is 3.55. The lowest BCUT2D eigenvalue weighted by Gasteiger charge is -2.21. The number of halogens is 2. The molecule has 5 heteroatoms. The van der Waals surface area contributed by atoms with Gasteiger partial charge in [0.15, 0.2) is 0 Å². The number of nitrogens with zero attached hydrogens (tertiary/aromatic N) is 1. The van der Waals surface area contributed by atoms with Crippen molar-refractivity contribution in [1.82, 2.24) is 10.2 Å². The topological polar surface area (TPSA) is 32.3 Å². The van der Waals surface area contributed by atoms with E-state index >= 15 is 0 Å². The second-order valence-electron chi connectivity index (χ2n) is 5.64. The quantitative estimate of drug-likeness (QED) is 0.852. The SMILES string of the molecule is O=C(c1c(F)cccc1Br)N1CC[C@@H]2CNC[C@@H]2CC1. The third-order valence-electron chi connectivity index (χ3n) is 4.48. The lowest BCUT2D eigenvalue weighted by molar-refractivity contribution is 0.0753. The van der Waals surface area contributed by atoms with E-state index in [1.165, 1.54) is 6.07 Å². The van der Waals surface area contributed by atoms with Crippen LogP contribution in [0, 0.1) is 17.7 Å². The predicted molar refractivity (Wildman–Crippen MR) is 79.1 cm³/mol. The van der Waals surface area contributed by atoms with Gasteiger partial charge in [-0.25, -0.2) is 4.39 Å². The van der Waals surface area contributed by atoms with E-state index in [0.29, 0.717) is 16.3 Å². The first-order valence-corrected chi connectivity index (χ1v) is 7.90. The minimum atomic E-state index is -0.449. The van der Waals surface area contributed by atoms with Gasteiger partial charge in [-0.05, 0) is 65.8 Å². The van der Waals surface area contributed by atoms with E-state index in [1.54, 1.807) is 12.1 Å². The van der Waals surface area contributed by atoms with Crippen molar-refractivity contribution in [3.63, 3.8) is 0 Å². The second-order valence-corrected chi connectivity index (χ2v) is 6.50. The zero-order valence-electron chi connectivity index (χ0n) is 11.2. The number of hydrogen-bond acceptors (Lipinski definition) is 2. The number of fused-ring (bicyclic) bond motifs is 1. The smallest absolute Gasteiger partial charge is 0.257 e. The van der Waals surface area contributed by atoms with E-state index in [1.807, 2.05) is 4.90 Å². The molecule has 0 saturated carbocycles. The number of likely N-dealkylation sites (tertiary alicyclic amines) is 1. The van der Waals surface area contributed by atoms with Crippen molar-refractivity contribution < 1.29 is 9.18 Å². The zero-order valence-corrected chi connectivity index (χ0v) is 12.8. The van der Waals surface area contributed by atoms with Gasteiger partial charge in [0.25, 0.3) is 5.91 Å². The molecular formula is C15H18BrFN2O.